The van der Waals surface area contributed by atoms with Crippen molar-refractivity contribution in [3.05, 3.63) is 46.1 Å². The summed E-state index contributed by atoms with van der Waals surface area (Å²) in [5.41, 5.74) is 5.61. The Hall–Kier alpha value is -2.45. The number of carbonyl (C=O) groups excluding carboxylic acids is 1. The van der Waals surface area contributed by atoms with Gasteiger partial charge in [-0.05, 0) is 87.4 Å². The van der Waals surface area contributed by atoms with Crippen LogP contribution < -0.4 is 14.9 Å². The van der Waals surface area contributed by atoms with Gasteiger partial charge in [0.25, 0.3) is 0 Å². The van der Waals surface area contributed by atoms with E-state index in [1.54, 1.807) is 12.3 Å². The van der Waals surface area contributed by atoms with E-state index in [1.807, 2.05) is 40.7 Å². The van der Waals surface area contributed by atoms with E-state index >= 15 is 0 Å². The zero-order valence-corrected chi connectivity index (χ0v) is 19.8. The van der Waals surface area contributed by atoms with Gasteiger partial charge in [-0.3, -0.25) is 4.79 Å². The Kier molecular flexibility index (Phi) is 7.01. The fourth-order valence-corrected chi connectivity index (χ4v) is 5.70. The fourth-order valence-electron chi connectivity index (χ4n) is 4.07. The molecule has 2 N–H and O–H groups in total. The summed E-state index contributed by atoms with van der Waals surface area (Å²) in [4.78, 5) is 19.2. The molecule has 0 aliphatic carbocycles. The average molecular weight is 445 g/mol. The molecule has 1 aliphatic heterocycles. The molecule has 0 unspecified atom stereocenters. The molecular formula is C23H32N4O3S. The van der Waals surface area contributed by atoms with Crippen LogP contribution in [0.1, 0.15) is 47.1 Å². The summed E-state index contributed by atoms with van der Waals surface area (Å²) in [7, 11) is -3.72. The molecule has 2 aromatic rings. The first-order chi connectivity index (χ1) is 14.6. The molecule has 168 valence electrons. The van der Waals surface area contributed by atoms with Gasteiger partial charge >= 0.3 is 0 Å². The summed E-state index contributed by atoms with van der Waals surface area (Å²) < 4.78 is 28.4. The number of benzene rings is 1. The first kappa shape index (κ1) is 23.2. The number of amides is 1. The maximum absolute atomic E-state index is 12.9. The maximum Gasteiger partial charge on any atom is 0.241 e. The van der Waals surface area contributed by atoms with Crippen LogP contribution in [0.25, 0.3) is 0 Å². The average Bonchev–Trinajstić information content (AvgIpc) is 3.26. The molecule has 2 heterocycles. The third-order valence-corrected chi connectivity index (χ3v) is 8.06. The highest BCUT2D eigenvalue weighted by Gasteiger charge is 2.23. The number of pyridine rings is 1. The Balaban J connectivity index is 1.59. The van der Waals surface area contributed by atoms with Gasteiger partial charge in [-0.1, -0.05) is 0 Å². The Morgan fingerprint density at radius 2 is 1.55 bits per heavy atom. The van der Waals surface area contributed by atoms with Crippen LogP contribution in [0.2, 0.25) is 0 Å². The predicted molar refractivity (Wildman–Crippen MR) is 124 cm³/mol. The van der Waals surface area contributed by atoms with E-state index < -0.39 is 10.0 Å². The van der Waals surface area contributed by atoms with Crippen LogP contribution in [0.5, 0.6) is 0 Å². The minimum absolute atomic E-state index is 0.0187. The van der Waals surface area contributed by atoms with Crippen LogP contribution in [-0.4, -0.2) is 38.9 Å². The van der Waals surface area contributed by atoms with Crippen LogP contribution in [0.15, 0.2) is 23.2 Å². The highest BCUT2D eigenvalue weighted by atomic mass is 32.2. The number of hydrogen-bond acceptors (Lipinski definition) is 5. The molecular weight excluding hydrogens is 412 g/mol. The van der Waals surface area contributed by atoms with Crippen molar-refractivity contribution in [2.75, 3.05) is 29.9 Å². The zero-order chi connectivity index (χ0) is 22.8. The summed E-state index contributed by atoms with van der Waals surface area (Å²) >= 11 is 0. The molecule has 1 aromatic heterocycles. The van der Waals surface area contributed by atoms with Crippen LogP contribution in [0, 0.1) is 34.6 Å². The SMILES string of the molecule is Cc1c(C)c(C)c(S(=O)(=O)NCCC(=O)Nc2ccc(N3CCCC3)cn2)c(C)c1C. The lowest BCUT2D eigenvalue weighted by Gasteiger charge is -2.19. The Morgan fingerprint density at radius 1 is 0.968 bits per heavy atom. The lowest BCUT2D eigenvalue weighted by Crippen LogP contribution is -2.29. The van der Waals surface area contributed by atoms with Crippen molar-refractivity contribution in [3.63, 3.8) is 0 Å². The van der Waals surface area contributed by atoms with E-state index in [4.69, 9.17) is 0 Å². The van der Waals surface area contributed by atoms with Crippen molar-refractivity contribution in [1.82, 2.24) is 9.71 Å². The summed E-state index contributed by atoms with van der Waals surface area (Å²) in [6.07, 6.45) is 4.16. The van der Waals surface area contributed by atoms with Crippen LogP contribution in [0.4, 0.5) is 11.5 Å². The van der Waals surface area contributed by atoms with Gasteiger partial charge < -0.3 is 10.2 Å². The minimum atomic E-state index is -3.72. The number of rotatable bonds is 7. The molecule has 7 nitrogen and oxygen atoms in total. The van der Waals surface area contributed by atoms with E-state index in [0.717, 1.165) is 46.6 Å². The number of sulfonamides is 1. The molecule has 3 rings (SSSR count). The van der Waals surface area contributed by atoms with Crippen molar-refractivity contribution in [1.29, 1.82) is 0 Å². The maximum atomic E-state index is 12.9. The van der Waals surface area contributed by atoms with Gasteiger partial charge in [-0.25, -0.2) is 18.1 Å². The Labute approximate surface area is 185 Å². The normalized spacial score (nSPS) is 14.2. The monoisotopic (exact) mass is 444 g/mol. The van der Waals surface area contributed by atoms with Gasteiger partial charge in [0.2, 0.25) is 15.9 Å². The first-order valence-corrected chi connectivity index (χ1v) is 12.2. The lowest BCUT2D eigenvalue weighted by atomic mass is 9.95. The summed E-state index contributed by atoms with van der Waals surface area (Å²) in [6.45, 7) is 11.6. The molecule has 8 heteroatoms. The summed E-state index contributed by atoms with van der Waals surface area (Å²) in [5.74, 6) is 0.182. The number of hydrogen-bond donors (Lipinski definition) is 2. The zero-order valence-electron chi connectivity index (χ0n) is 19.0. The van der Waals surface area contributed by atoms with E-state index in [9.17, 15) is 13.2 Å². The van der Waals surface area contributed by atoms with Gasteiger partial charge in [0, 0.05) is 26.1 Å². The molecule has 31 heavy (non-hydrogen) atoms. The van der Waals surface area contributed by atoms with E-state index in [-0.39, 0.29) is 18.9 Å². The third kappa shape index (κ3) is 5.07. The van der Waals surface area contributed by atoms with Crippen molar-refractivity contribution in [2.45, 2.75) is 58.8 Å². The number of aromatic nitrogens is 1. The molecule has 1 aromatic carbocycles. The molecule has 1 fully saturated rings. The van der Waals surface area contributed by atoms with Gasteiger partial charge in [-0.15, -0.1) is 0 Å². The predicted octanol–water partition coefficient (Wildman–Crippen LogP) is 3.53. The molecule has 1 amide bonds. The Morgan fingerprint density at radius 3 is 2.10 bits per heavy atom. The largest absolute Gasteiger partial charge is 0.370 e. The second kappa shape index (κ2) is 9.36. The van der Waals surface area contributed by atoms with Crippen molar-refractivity contribution >= 4 is 27.4 Å². The molecule has 1 saturated heterocycles. The topological polar surface area (TPSA) is 91.4 Å². The summed E-state index contributed by atoms with van der Waals surface area (Å²) in [5, 5.41) is 2.73. The van der Waals surface area contributed by atoms with Crippen molar-refractivity contribution in [2.24, 2.45) is 0 Å². The standard InChI is InChI=1S/C23H32N4O3S/c1-15-16(2)18(4)23(19(5)17(15)3)31(29,30)25-11-10-22(28)26-21-9-8-20(14-24-21)27-12-6-7-13-27/h8-9,14,25H,6-7,10-13H2,1-5H3,(H,24,26,28). The second-order valence-corrected chi connectivity index (χ2v) is 9.95. The molecule has 0 radical (unpaired) electrons. The Bertz CT molecular complexity index is 1040. The third-order valence-electron chi connectivity index (χ3n) is 6.33. The number of nitrogens with zero attached hydrogens (tertiary/aromatic N) is 2. The molecule has 1 aliphatic rings. The quantitative estimate of drug-likeness (QED) is 0.682. The van der Waals surface area contributed by atoms with E-state index in [1.165, 1.54) is 12.8 Å². The van der Waals surface area contributed by atoms with Gasteiger partial charge in [0.15, 0.2) is 0 Å². The molecule has 0 atom stereocenters. The smallest absolute Gasteiger partial charge is 0.241 e. The van der Waals surface area contributed by atoms with E-state index in [2.05, 4.69) is 19.9 Å². The van der Waals surface area contributed by atoms with Gasteiger partial charge in [0.05, 0.1) is 16.8 Å². The van der Waals surface area contributed by atoms with Crippen LogP contribution >= 0.6 is 0 Å². The number of nitrogens with one attached hydrogen (secondary N) is 2. The number of anilines is 2. The lowest BCUT2D eigenvalue weighted by molar-refractivity contribution is -0.116. The molecule has 0 spiro atoms. The molecule has 0 saturated carbocycles. The molecule has 0 bridgehead atoms. The minimum Gasteiger partial charge on any atom is -0.370 e. The van der Waals surface area contributed by atoms with Gasteiger partial charge in [0.1, 0.15) is 5.82 Å². The summed E-state index contributed by atoms with van der Waals surface area (Å²) in [6, 6.07) is 3.73. The van der Waals surface area contributed by atoms with Crippen molar-refractivity contribution < 1.29 is 13.2 Å². The fraction of sp³-hybridized carbons (Fsp3) is 0.478. The van der Waals surface area contributed by atoms with Crippen LogP contribution in [-0.2, 0) is 14.8 Å². The highest BCUT2D eigenvalue weighted by Crippen LogP contribution is 2.29. The van der Waals surface area contributed by atoms with Crippen LogP contribution in [0.3, 0.4) is 0 Å². The van der Waals surface area contributed by atoms with E-state index in [0.29, 0.717) is 10.7 Å². The van der Waals surface area contributed by atoms with Gasteiger partial charge in [-0.2, -0.15) is 0 Å². The highest BCUT2D eigenvalue weighted by molar-refractivity contribution is 7.89. The van der Waals surface area contributed by atoms with Crippen molar-refractivity contribution in [3.8, 4) is 0 Å². The first-order valence-electron chi connectivity index (χ1n) is 10.7. The number of carbonyl (C=O) groups is 1. The second-order valence-electron chi connectivity index (χ2n) is 8.25.